The summed E-state index contributed by atoms with van der Waals surface area (Å²) in [4.78, 5) is 19.8. The lowest BCUT2D eigenvalue weighted by molar-refractivity contribution is -0.0659. The maximum Gasteiger partial charge on any atom is 0.289 e. The van der Waals surface area contributed by atoms with Crippen molar-refractivity contribution in [2.45, 2.75) is 18.8 Å². The molecule has 27 heavy (non-hydrogen) atoms. The van der Waals surface area contributed by atoms with Gasteiger partial charge in [-0.2, -0.15) is 0 Å². The molecule has 0 saturated carbocycles. The van der Waals surface area contributed by atoms with Crippen molar-refractivity contribution in [1.29, 1.82) is 5.41 Å². The molecule has 11 heteroatoms. The molecular weight excluding hydrogens is 387 g/mol. The highest BCUT2D eigenvalue weighted by Crippen LogP contribution is 2.34. The zero-order valence-corrected chi connectivity index (χ0v) is 14.7. The predicted octanol–water partition coefficient (Wildman–Crippen LogP) is 3.17. The third-order valence-electron chi connectivity index (χ3n) is 3.55. The van der Waals surface area contributed by atoms with Gasteiger partial charge < -0.3 is 15.8 Å². The van der Waals surface area contributed by atoms with Gasteiger partial charge in [-0.3, -0.25) is 10.2 Å². The van der Waals surface area contributed by atoms with Crippen LogP contribution >= 0.6 is 11.6 Å². The van der Waals surface area contributed by atoms with Crippen LogP contribution in [0.1, 0.15) is 29.0 Å². The molecule has 0 aromatic carbocycles. The Morgan fingerprint density at radius 1 is 1.44 bits per heavy atom. The van der Waals surface area contributed by atoms with E-state index in [0.717, 1.165) is 19.1 Å². The lowest BCUT2D eigenvalue weighted by Gasteiger charge is -2.23. The number of nitrogens with two attached hydrogens (primary N) is 1. The Balaban J connectivity index is 2.24. The Kier molecular flexibility index (Phi) is 6.21. The van der Waals surface area contributed by atoms with Gasteiger partial charge in [0.15, 0.2) is 6.61 Å². The van der Waals surface area contributed by atoms with Gasteiger partial charge in [0.25, 0.3) is 17.9 Å². The molecule has 2 rings (SSSR count). The third-order valence-corrected chi connectivity index (χ3v) is 3.86. The van der Waals surface area contributed by atoms with Gasteiger partial charge in [-0.25, -0.2) is 23.1 Å². The lowest BCUT2D eigenvalue weighted by Crippen LogP contribution is -2.34. The molecular formula is C16H15ClF3N5O2. The maximum atomic E-state index is 14.2. The van der Waals surface area contributed by atoms with E-state index in [4.69, 9.17) is 22.7 Å². The number of hydrogen-bond acceptors (Lipinski definition) is 5. The summed E-state index contributed by atoms with van der Waals surface area (Å²) in [6.07, 6.45) is 1.35. The number of carbonyl (C=O) groups excluding carboxylic acids is 1. The first-order chi connectivity index (χ1) is 12.6. The van der Waals surface area contributed by atoms with Crippen molar-refractivity contribution in [3.63, 3.8) is 0 Å². The highest BCUT2D eigenvalue weighted by Gasteiger charge is 2.41. The minimum Gasteiger partial charge on any atom is -0.459 e. The SMILES string of the molecule is C[C@@H](c1nc(NC(=O)c2ncccc2Cl)ccc1F)C(F)(F)COC(=N)N. The minimum atomic E-state index is -3.56. The first-order valence-electron chi connectivity index (χ1n) is 7.54. The minimum absolute atomic E-state index is 0.0821. The number of nitrogens with one attached hydrogen (secondary N) is 2. The van der Waals surface area contributed by atoms with Crippen LogP contribution in [-0.4, -0.2) is 34.4 Å². The molecule has 0 saturated heterocycles. The van der Waals surface area contributed by atoms with Crippen molar-refractivity contribution in [2.75, 3.05) is 11.9 Å². The number of amidine groups is 1. The predicted molar refractivity (Wildman–Crippen MR) is 92.6 cm³/mol. The fraction of sp³-hybridized carbons (Fsp3) is 0.250. The van der Waals surface area contributed by atoms with Crippen molar-refractivity contribution >= 4 is 29.3 Å². The fourth-order valence-corrected chi connectivity index (χ4v) is 2.27. The number of hydrogen-bond donors (Lipinski definition) is 3. The van der Waals surface area contributed by atoms with E-state index in [1.54, 1.807) is 0 Å². The molecule has 2 aromatic heterocycles. The molecule has 0 spiro atoms. The fourth-order valence-electron chi connectivity index (χ4n) is 2.06. The summed E-state index contributed by atoms with van der Waals surface area (Å²) in [6, 6.07) is 4.11. The first kappa shape index (κ1) is 20.4. The van der Waals surface area contributed by atoms with Crippen molar-refractivity contribution in [1.82, 2.24) is 9.97 Å². The molecule has 2 heterocycles. The van der Waals surface area contributed by atoms with E-state index in [1.165, 1.54) is 18.3 Å². The highest BCUT2D eigenvalue weighted by atomic mass is 35.5. The lowest BCUT2D eigenvalue weighted by atomic mass is 9.99. The average Bonchev–Trinajstić information content (AvgIpc) is 2.61. The van der Waals surface area contributed by atoms with Gasteiger partial charge in [0.2, 0.25) is 0 Å². The Morgan fingerprint density at radius 3 is 2.78 bits per heavy atom. The molecule has 1 amide bonds. The van der Waals surface area contributed by atoms with E-state index in [-0.39, 0.29) is 16.5 Å². The van der Waals surface area contributed by atoms with Gasteiger partial charge in [0.1, 0.15) is 17.3 Å². The quantitative estimate of drug-likeness (QED) is 0.508. The largest absolute Gasteiger partial charge is 0.459 e. The van der Waals surface area contributed by atoms with E-state index in [1.807, 2.05) is 0 Å². The van der Waals surface area contributed by atoms with Gasteiger partial charge in [-0.15, -0.1) is 0 Å². The number of carbonyl (C=O) groups is 1. The molecule has 1 atom stereocenters. The van der Waals surface area contributed by atoms with Crippen LogP contribution in [0.5, 0.6) is 0 Å². The van der Waals surface area contributed by atoms with E-state index in [2.05, 4.69) is 20.0 Å². The van der Waals surface area contributed by atoms with Crippen LogP contribution in [0.25, 0.3) is 0 Å². The van der Waals surface area contributed by atoms with Crippen LogP contribution in [0.3, 0.4) is 0 Å². The smallest absolute Gasteiger partial charge is 0.289 e. The maximum absolute atomic E-state index is 14.2. The normalized spacial score (nSPS) is 12.3. The van der Waals surface area contributed by atoms with Crippen molar-refractivity contribution in [3.05, 3.63) is 52.7 Å². The number of amides is 1. The molecule has 0 radical (unpaired) electrons. The van der Waals surface area contributed by atoms with E-state index >= 15 is 0 Å². The third kappa shape index (κ3) is 5.07. The Labute approximate surface area is 157 Å². The topological polar surface area (TPSA) is 114 Å². The molecule has 7 nitrogen and oxygen atoms in total. The highest BCUT2D eigenvalue weighted by molar-refractivity contribution is 6.34. The monoisotopic (exact) mass is 401 g/mol. The van der Waals surface area contributed by atoms with E-state index in [0.29, 0.717) is 0 Å². The molecule has 0 fully saturated rings. The summed E-state index contributed by atoms with van der Waals surface area (Å²) in [5.74, 6) is -7.16. The zero-order chi connectivity index (χ0) is 20.2. The number of aromatic nitrogens is 2. The summed E-state index contributed by atoms with van der Waals surface area (Å²) in [6.45, 7) is -0.180. The van der Waals surface area contributed by atoms with Crippen LogP contribution in [0.15, 0.2) is 30.5 Å². The summed E-state index contributed by atoms with van der Waals surface area (Å²) in [5, 5.41) is 9.25. The van der Waals surface area contributed by atoms with Crippen LogP contribution < -0.4 is 11.1 Å². The summed E-state index contributed by atoms with van der Waals surface area (Å²) < 4.78 is 46.7. The molecule has 2 aromatic rings. The van der Waals surface area contributed by atoms with Gasteiger partial charge in [0, 0.05) is 6.20 Å². The molecule has 144 valence electrons. The van der Waals surface area contributed by atoms with Gasteiger partial charge in [-0.1, -0.05) is 18.5 Å². The van der Waals surface area contributed by atoms with Crippen LogP contribution in [-0.2, 0) is 4.74 Å². The van der Waals surface area contributed by atoms with Crippen LogP contribution in [0.4, 0.5) is 19.0 Å². The van der Waals surface area contributed by atoms with Crippen LogP contribution in [0, 0.1) is 11.2 Å². The summed E-state index contributed by atoms with van der Waals surface area (Å²) in [5.41, 5.74) is 4.21. The second-order valence-electron chi connectivity index (χ2n) is 5.49. The standard InChI is InChI=1S/C16H15ClF3N5O2/c1-8(16(19,20)7-27-15(21)22)12-10(18)4-5-11(24-12)25-14(26)13-9(17)3-2-6-23-13/h2-6,8H,7H2,1H3,(H3,21,22)(H,24,25,26)/t8-/m0/s1. The molecule has 0 bridgehead atoms. The molecule has 0 aliphatic rings. The Bertz CT molecular complexity index is 866. The second-order valence-corrected chi connectivity index (χ2v) is 5.89. The average molecular weight is 402 g/mol. The number of nitrogens with zero attached hydrogens (tertiary/aromatic N) is 2. The molecule has 4 N–H and O–H groups in total. The number of anilines is 1. The van der Waals surface area contributed by atoms with Crippen molar-refractivity contribution in [2.24, 2.45) is 5.73 Å². The molecule has 0 aliphatic carbocycles. The van der Waals surface area contributed by atoms with Gasteiger partial charge >= 0.3 is 0 Å². The van der Waals surface area contributed by atoms with Gasteiger partial charge in [-0.05, 0) is 24.3 Å². The first-order valence-corrected chi connectivity index (χ1v) is 7.92. The molecule has 0 aliphatic heterocycles. The van der Waals surface area contributed by atoms with Crippen molar-refractivity contribution in [3.8, 4) is 0 Å². The van der Waals surface area contributed by atoms with Crippen LogP contribution in [0.2, 0.25) is 5.02 Å². The Hall–Kier alpha value is -2.88. The van der Waals surface area contributed by atoms with Gasteiger partial charge in [0.05, 0.1) is 16.6 Å². The molecule has 0 unspecified atom stereocenters. The number of halogens is 4. The number of pyridine rings is 2. The van der Waals surface area contributed by atoms with Crippen molar-refractivity contribution < 1.29 is 22.7 Å². The number of ether oxygens (including phenoxy) is 1. The zero-order valence-electron chi connectivity index (χ0n) is 14.0. The van der Waals surface area contributed by atoms with E-state index in [9.17, 15) is 18.0 Å². The number of alkyl halides is 2. The number of rotatable bonds is 6. The Morgan fingerprint density at radius 2 is 2.15 bits per heavy atom. The summed E-state index contributed by atoms with van der Waals surface area (Å²) in [7, 11) is 0. The van der Waals surface area contributed by atoms with E-state index < -0.39 is 41.9 Å². The summed E-state index contributed by atoms with van der Waals surface area (Å²) >= 11 is 5.87. The second kappa shape index (κ2) is 8.21.